The smallest absolute Gasteiger partial charge is 0.256 e. The predicted molar refractivity (Wildman–Crippen MR) is 109 cm³/mol. The van der Waals surface area contributed by atoms with Crippen molar-refractivity contribution in [3.05, 3.63) is 30.2 Å². The number of amides is 1. The quantitative estimate of drug-likeness (QED) is 0.834. The van der Waals surface area contributed by atoms with Crippen LogP contribution >= 0.6 is 0 Å². The minimum absolute atomic E-state index is 0.0933. The van der Waals surface area contributed by atoms with Gasteiger partial charge in [-0.3, -0.25) is 4.79 Å². The molecule has 0 radical (unpaired) electrons. The van der Waals surface area contributed by atoms with Crippen molar-refractivity contribution in [3.8, 4) is 5.82 Å². The highest BCUT2D eigenvalue weighted by Gasteiger charge is 2.53. The number of hydrogen-bond donors (Lipinski definition) is 2. The number of fused-ring (bicyclic) bond motifs is 2. The molecule has 0 aromatic carbocycles. The molecule has 0 aliphatic heterocycles. The summed E-state index contributed by atoms with van der Waals surface area (Å²) in [5.41, 5.74) is -0.228. The largest absolute Gasteiger partial charge is 0.390 e. The molecule has 156 valence electrons. The summed E-state index contributed by atoms with van der Waals surface area (Å²) in [4.78, 5) is 13.4. The van der Waals surface area contributed by atoms with Crippen molar-refractivity contribution in [2.75, 3.05) is 0 Å². The molecule has 7 nitrogen and oxygen atoms in total. The van der Waals surface area contributed by atoms with Crippen molar-refractivity contribution in [3.63, 3.8) is 0 Å². The van der Waals surface area contributed by atoms with Crippen LogP contribution < -0.4 is 5.32 Å². The summed E-state index contributed by atoms with van der Waals surface area (Å²) in [5.74, 6) is 2.12. The van der Waals surface area contributed by atoms with E-state index in [0.29, 0.717) is 29.1 Å². The first-order chi connectivity index (χ1) is 13.7. The maximum atomic E-state index is 13.4. The SMILES string of the molecule is CC(C)(C)n1ncc(C(=O)N[C@H]2CCC3CC4C[C@@](O)(C3)CC42)c1-n1cccn1. The molecule has 3 aliphatic rings. The Morgan fingerprint density at radius 3 is 2.79 bits per heavy atom. The maximum Gasteiger partial charge on any atom is 0.256 e. The fraction of sp³-hybridized carbons (Fsp3) is 0.682. The lowest BCUT2D eigenvalue weighted by atomic mass is 9.77. The minimum Gasteiger partial charge on any atom is -0.390 e. The van der Waals surface area contributed by atoms with Gasteiger partial charge in [-0.2, -0.15) is 10.2 Å². The van der Waals surface area contributed by atoms with E-state index in [2.05, 4.69) is 36.3 Å². The molecule has 3 aliphatic carbocycles. The normalized spacial score (nSPS) is 33.7. The Labute approximate surface area is 171 Å². The van der Waals surface area contributed by atoms with E-state index in [4.69, 9.17) is 0 Å². The molecule has 0 saturated heterocycles. The first-order valence-electron chi connectivity index (χ1n) is 10.9. The third kappa shape index (κ3) is 3.19. The van der Waals surface area contributed by atoms with Crippen LogP contribution in [0.1, 0.15) is 69.7 Å². The predicted octanol–water partition coefficient (Wildman–Crippen LogP) is 2.88. The van der Waals surface area contributed by atoms with E-state index in [1.54, 1.807) is 17.1 Å². The van der Waals surface area contributed by atoms with Gasteiger partial charge in [0, 0.05) is 18.4 Å². The zero-order valence-corrected chi connectivity index (χ0v) is 17.5. The van der Waals surface area contributed by atoms with E-state index in [1.165, 1.54) is 6.42 Å². The van der Waals surface area contributed by atoms with E-state index in [0.717, 1.165) is 32.1 Å². The molecule has 3 saturated carbocycles. The average Bonchev–Trinajstić information content (AvgIpc) is 3.33. The number of carbonyl (C=O) groups excluding carboxylic acids is 1. The van der Waals surface area contributed by atoms with Gasteiger partial charge in [0.2, 0.25) is 0 Å². The molecule has 3 unspecified atom stereocenters. The summed E-state index contributed by atoms with van der Waals surface area (Å²) < 4.78 is 3.58. The Morgan fingerprint density at radius 2 is 2.07 bits per heavy atom. The summed E-state index contributed by atoms with van der Waals surface area (Å²) >= 11 is 0. The lowest BCUT2D eigenvalue weighted by Gasteiger charge is -2.33. The molecule has 2 aromatic heterocycles. The Hall–Kier alpha value is -2.15. The van der Waals surface area contributed by atoms with Crippen LogP contribution in [0.2, 0.25) is 0 Å². The first kappa shape index (κ1) is 18.9. The van der Waals surface area contributed by atoms with Crippen molar-refractivity contribution in [1.82, 2.24) is 24.9 Å². The number of aliphatic hydroxyl groups is 1. The lowest BCUT2D eigenvalue weighted by Crippen LogP contribution is -2.42. The zero-order chi connectivity index (χ0) is 20.4. The Bertz CT molecular complexity index is 912. The topological polar surface area (TPSA) is 85.0 Å². The Kier molecular flexibility index (Phi) is 4.18. The molecule has 3 fully saturated rings. The molecule has 7 heteroatoms. The molecule has 1 amide bonds. The third-order valence-corrected chi connectivity index (χ3v) is 7.23. The summed E-state index contributed by atoms with van der Waals surface area (Å²) in [6.07, 6.45) is 11.2. The van der Waals surface area contributed by atoms with Gasteiger partial charge in [-0.15, -0.1) is 0 Å². The van der Waals surface area contributed by atoms with Gasteiger partial charge in [0.15, 0.2) is 5.82 Å². The molecule has 29 heavy (non-hydrogen) atoms. The zero-order valence-electron chi connectivity index (χ0n) is 17.5. The Balaban J connectivity index is 1.44. The molecule has 2 aromatic rings. The summed E-state index contributed by atoms with van der Waals surface area (Å²) in [5, 5.41) is 23.1. The highest BCUT2D eigenvalue weighted by atomic mass is 16.3. The van der Waals surface area contributed by atoms with E-state index in [-0.39, 0.29) is 17.5 Å². The second kappa shape index (κ2) is 6.42. The van der Waals surface area contributed by atoms with Crippen LogP contribution in [0.25, 0.3) is 5.82 Å². The minimum atomic E-state index is -0.501. The van der Waals surface area contributed by atoms with E-state index < -0.39 is 5.60 Å². The van der Waals surface area contributed by atoms with Crippen LogP contribution in [0.3, 0.4) is 0 Å². The van der Waals surface area contributed by atoms with Crippen molar-refractivity contribution in [2.45, 2.75) is 76.5 Å². The fourth-order valence-corrected chi connectivity index (χ4v) is 6.15. The number of hydrogen-bond acceptors (Lipinski definition) is 4. The van der Waals surface area contributed by atoms with Crippen molar-refractivity contribution in [2.24, 2.45) is 17.8 Å². The molecule has 2 heterocycles. The number of rotatable bonds is 3. The van der Waals surface area contributed by atoms with Crippen LogP contribution in [0.5, 0.6) is 0 Å². The van der Waals surface area contributed by atoms with E-state index >= 15 is 0 Å². The second-order valence-corrected chi connectivity index (χ2v) is 10.4. The van der Waals surface area contributed by atoms with Crippen molar-refractivity contribution >= 4 is 5.91 Å². The molecule has 5 rings (SSSR count). The molecule has 0 spiro atoms. The van der Waals surface area contributed by atoms with Crippen LogP contribution in [0.15, 0.2) is 24.7 Å². The summed E-state index contributed by atoms with van der Waals surface area (Å²) in [7, 11) is 0. The monoisotopic (exact) mass is 397 g/mol. The first-order valence-corrected chi connectivity index (χ1v) is 10.9. The maximum absolute atomic E-state index is 13.4. The molecule has 5 atom stereocenters. The fourth-order valence-electron chi connectivity index (χ4n) is 6.15. The second-order valence-electron chi connectivity index (χ2n) is 10.4. The van der Waals surface area contributed by atoms with Crippen molar-refractivity contribution < 1.29 is 9.90 Å². The lowest BCUT2D eigenvalue weighted by molar-refractivity contribution is -0.00594. The van der Waals surface area contributed by atoms with Gasteiger partial charge < -0.3 is 10.4 Å². The third-order valence-electron chi connectivity index (χ3n) is 7.23. The van der Waals surface area contributed by atoms with Crippen LogP contribution in [0.4, 0.5) is 0 Å². The molecule has 3 bridgehead atoms. The van der Waals surface area contributed by atoms with Gasteiger partial charge in [-0.25, -0.2) is 9.36 Å². The number of aromatic nitrogens is 4. The van der Waals surface area contributed by atoms with Crippen LogP contribution in [-0.4, -0.2) is 42.2 Å². The van der Waals surface area contributed by atoms with Gasteiger partial charge in [-0.1, -0.05) is 0 Å². The van der Waals surface area contributed by atoms with Gasteiger partial charge in [0.25, 0.3) is 5.91 Å². The highest BCUT2D eigenvalue weighted by molar-refractivity contribution is 5.97. The van der Waals surface area contributed by atoms with Gasteiger partial charge in [0.05, 0.1) is 17.3 Å². The molecular formula is C22H31N5O2. The van der Waals surface area contributed by atoms with Gasteiger partial charge in [0.1, 0.15) is 5.56 Å². The van der Waals surface area contributed by atoms with Crippen LogP contribution in [0, 0.1) is 17.8 Å². The van der Waals surface area contributed by atoms with Gasteiger partial charge >= 0.3 is 0 Å². The highest BCUT2D eigenvalue weighted by Crippen LogP contribution is 2.55. The van der Waals surface area contributed by atoms with Gasteiger partial charge in [-0.05, 0) is 83.1 Å². The summed E-state index contributed by atoms with van der Waals surface area (Å²) in [6, 6.07) is 1.97. The Morgan fingerprint density at radius 1 is 1.24 bits per heavy atom. The standard InChI is InChI=1S/C22H31N5O2/c1-21(2,3)27-20(26-8-4-7-23-26)17(13-24-27)19(28)25-18-6-5-14-9-15-11-22(29,10-14)12-16(15)18/h4,7-8,13-16,18,29H,5-6,9-12H2,1-3H3,(H,25,28)/t14?,15?,16?,18-,22-/m0/s1. The summed E-state index contributed by atoms with van der Waals surface area (Å²) in [6.45, 7) is 6.20. The number of nitrogens with zero attached hydrogens (tertiary/aromatic N) is 4. The number of nitrogens with one attached hydrogen (secondary N) is 1. The number of carbonyl (C=O) groups is 1. The average molecular weight is 398 g/mol. The van der Waals surface area contributed by atoms with Crippen LogP contribution in [-0.2, 0) is 5.54 Å². The molecule has 2 N–H and O–H groups in total. The molecular weight excluding hydrogens is 366 g/mol. The van der Waals surface area contributed by atoms with E-state index in [9.17, 15) is 9.90 Å². The van der Waals surface area contributed by atoms with Crippen molar-refractivity contribution in [1.29, 1.82) is 0 Å². The van der Waals surface area contributed by atoms with E-state index in [1.807, 2.05) is 16.9 Å².